The van der Waals surface area contributed by atoms with Crippen LogP contribution in [0.1, 0.15) is 38.8 Å². The van der Waals surface area contributed by atoms with Crippen LogP contribution < -0.4 is 4.74 Å². The highest BCUT2D eigenvalue weighted by Gasteiger charge is 2.13. The summed E-state index contributed by atoms with van der Waals surface area (Å²) >= 11 is 3.53. The number of aromatic nitrogens is 2. The fourth-order valence-corrected chi connectivity index (χ4v) is 2.11. The summed E-state index contributed by atoms with van der Waals surface area (Å²) in [6.45, 7) is 7.50. The molecule has 0 atom stereocenters. The van der Waals surface area contributed by atoms with E-state index < -0.39 is 0 Å². The van der Waals surface area contributed by atoms with Gasteiger partial charge in [-0.2, -0.15) is 5.10 Å². The van der Waals surface area contributed by atoms with Crippen LogP contribution in [0.4, 0.5) is 0 Å². The first kappa shape index (κ1) is 14.1. The molecule has 0 aromatic carbocycles. The van der Waals surface area contributed by atoms with Crippen molar-refractivity contribution in [3.8, 4) is 17.6 Å². The van der Waals surface area contributed by atoms with Crippen LogP contribution in [0.3, 0.4) is 0 Å². The van der Waals surface area contributed by atoms with Crippen LogP contribution in [0, 0.1) is 18.8 Å². The normalized spacial score (nSPS) is 9.88. The van der Waals surface area contributed by atoms with E-state index in [4.69, 9.17) is 4.74 Å². The van der Waals surface area contributed by atoms with Gasteiger partial charge in [-0.25, -0.2) is 0 Å². The zero-order valence-corrected chi connectivity index (χ0v) is 12.3. The first-order valence-electron chi connectivity index (χ1n) is 5.96. The van der Waals surface area contributed by atoms with Crippen molar-refractivity contribution in [3.05, 3.63) is 10.3 Å². The third-order valence-corrected chi connectivity index (χ3v) is 3.15. The SMILES string of the molecule is CC#CCCn1nc(C)c(OCCCC)c1Br. The molecule has 1 aromatic rings. The van der Waals surface area contributed by atoms with Gasteiger partial charge in [-0.1, -0.05) is 13.3 Å². The molecule has 0 saturated carbocycles. The second-order valence-corrected chi connectivity index (χ2v) is 4.56. The summed E-state index contributed by atoms with van der Waals surface area (Å²) in [6, 6.07) is 0. The second kappa shape index (κ2) is 7.39. The van der Waals surface area contributed by atoms with Gasteiger partial charge in [0, 0.05) is 6.42 Å². The lowest BCUT2D eigenvalue weighted by atomic mass is 10.3. The van der Waals surface area contributed by atoms with Crippen molar-refractivity contribution < 1.29 is 4.74 Å². The molecular formula is C13H19BrN2O. The molecule has 4 heteroatoms. The number of nitrogens with zero attached hydrogens (tertiary/aromatic N) is 2. The molecule has 0 bridgehead atoms. The Morgan fingerprint density at radius 1 is 1.47 bits per heavy atom. The smallest absolute Gasteiger partial charge is 0.174 e. The maximum atomic E-state index is 5.73. The molecule has 0 fully saturated rings. The van der Waals surface area contributed by atoms with E-state index in [0.29, 0.717) is 0 Å². The molecule has 0 amide bonds. The fraction of sp³-hybridized carbons (Fsp3) is 0.615. The molecule has 1 heterocycles. The lowest BCUT2D eigenvalue weighted by Gasteiger charge is -2.04. The zero-order valence-electron chi connectivity index (χ0n) is 10.7. The summed E-state index contributed by atoms with van der Waals surface area (Å²) in [5.74, 6) is 6.78. The van der Waals surface area contributed by atoms with Crippen LogP contribution in [0.5, 0.6) is 5.75 Å². The number of halogens is 1. The van der Waals surface area contributed by atoms with Crippen LogP contribution in [0.15, 0.2) is 4.60 Å². The average molecular weight is 299 g/mol. The molecule has 94 valence electrons. The maximum Gasteiger partial charge on any atom is 0.174 e. The molecule has 1 rings (SSSR count). The average Bonchev–Trinajstić information content (AvgIpc) is 2.57. The van der Waals surface area contributed by atoms with Gasteiger partial charge in [0.15, 0.2) is 5.75 Å². The molecule has 17 heavy (non-hydrogen) atoms. The lowest BCUT2D eigenvalue weighted by molar-refractivity contribution is 0.305. The Hall–Kier alpha value is -0.950. The molecule has 0 radical (unpaired) electrons. The molecule has 0 saturated heterocycles. The topological polar surface area (TPSA) is 27.1 Å². The first-order valence-corrected chi connectivity index (χ1v) is 6.75. The Morgan fingerprint density at radius 2 is 2.24 bits per heavy atom. The van der Waals surface area contributed by atoms with Gasteiger partial charge in [-0.05, 0) is 36.2 Å². The summed E-state index contributed by atoms with van der Waals surface area (Å²) in [5, 5.41) is 4.44. The van der Waals surface area contributed by atoms with E-state index in [0.717, 1.165) is 48.5 Å². The Morgan fingerprint density at radius 3 is 2.88 bits per heavy atom. The van der Waals surface area contributed by atoms with Gasteiger partial charge in [0.25, 0.3) is 0 Å². The van der Waals surface area contributed by atoms with Gasteiger partial charge in [-0.15, -0.1) is 11.8 Å². The number of rotatable bonds is 6. The summed E-state index contributed by atoms with van der Waals surface area (Å²) in [5.41, 5.74) is 0.928. The molecule has 0 spiro atoms. The number of hydrogen-bond acceptors (Lipinski definition) is 2. The predicted octanol–water partition coefficient (Wildman–Crippen LogP) is 3.55. The molecule has 0 unspecified atom stereocenters. The minimum absolute atomic E-state index is 0.746. The predicted molar refractivity (Wildman–Crippen MR) is 73.1 cm³/mol. The Balaban J connectivity index is 2.67. The minimum atomic E-state index is 0.746. The van der Waals surface area contributed by atoms with Crippen molar-refractivity contribution in [2.24, 2.45) is 0 Å². The number of unbranched alkanes of at least 4 members (excludes halogenated alkanes) is 1. The van der Waals surface area contributed by atoms with Crippen molar-refractivity contribution >= 4 is 15.9 Å². The monoisotopic (exact) mass is 298 g/mol. The van der Waals surface area contributed by atoms with E-state index >= 15 is 0 Å². The molecule has 0 aliphatic rings. The van der Waals surface area contributed by atoms with Crippen molar-refractivity contribution in [1.82, 2.24) is 9.78 Å². The summed E-state index contributed by atoms with van der Waals surface area (Å²) < 4.78 is 8.55. The van der Waals surface area contributed by atoms with Crippen LogP contribution in [0.2, 0.25) is 0 Å². The molecule has 0 N–H and O–H groups in total. The Labute approximate surface area is 112 Å². The van der Waals surface area contributed by atoms with Crippen LogP contribution in [-0.4, -0.2) is 16.4 Å². The van der Waals surface area contributed by atoms with Crippen LogP contribution in [0.25, 0.3) is 0 Å². The third-order valence-electron chi connectivity index (χ3n) is 2.38. The largest absolute Gasteiger partial charge is 0.489 e. The number of aryl methyl sites for hydroxylation is 2. The highest BCUT2D eigenvalue weighted by atomic mass is 79.9. The van der Waals surface area contributed by atoms with Gasteiger partial charge >= 0.3 is 0 Å². The van der Waals surface area contributed by atoms with E-state index in [-0.39, 0.29) is 0 Å². The van der Waals surface area contributed by atoms with E-state index in [9.17, 15) is 0 Å². The molecule has 0 aliphatic carbocycles. The quantitative estimate of drug-likeness (QED) is 0.593. The molecule has 0 aliphatic heterocycles. The summed E-state index contributed by atoms with van der Waals surface area (Å²) in [7, 11) is 0. The van der Waals surface area contributed by atoms with E-state index in [1.54, 1.807) is 0 Å². The molecule has 1 aromatic heterocycles. The maximum absolute atomic E-state index is 5.73. The van der Waals surface area contributed by atoms with Crippen molar-refractivity contribution in [2.75, 3.05) is 6.61 Å². The van der Waals surface area contributed by atoms with Crippen LogP contribution in [-0.2, 0) is 6.54 Å². The van der Waals surface area contributed by atoms with Gasteiger partial charge < -0.3 is 4.74 Å². The van der Waals surface area contributed by atoms with Gasteiger partial charge in [0.2, 0.25) is 0 Å². The molecular weight excluding hydrogens is 280 g/mol. The Bertz CT molecular complexity index is 415. The van der Waals surface area contributed by atoms with E-state index in [1.165, 1.54) is 0 Å². The minimum Gasteiger partial charge on any atom is -0.489 e. The van der Waals surface area contributed by atoms with E-state index in [1.807, 2.05) is 18.5 Å². The van der Waals surface area contributed by atoms with Crippen molar-refractivity contribution in [3.63, 3.8) is 0 Å². The van der Waals surface area contributed by atoms with Gasteiger partial charge in [0.1, 0.15) is 10.3 Å². The fourth-order valence-electron chi connectivity index (χ4n) is 1.45. The highest BCUT2D eigenvalue weighted by Crippen LogP contribution is 2.28. The molecule has 3 nitrogen and oxygen atoms in total. The zero-order chi connectivity index (χ0) is 12.7. The number of hydrogen-bond donors (Lipinski definition) is 0. The summed E-state index contributed by atoms with van der Waals surface area (Å²) in [6.07, 6.45) is 3.01. The lowest BCUT2D eigenvalue weighted by Crippen LogP contribution is -2.00. The number of ether oxygens (including phenoxy) is 1. The second-order valence-electron chi connectivity index (χ2n) is 3.81. The van der Waals surface area contributed by atoms with Crippen LogP contribution >= 0.6 is 15.9 Å². The first-order chi connectivity index (χ1) is 8.20. The highest BCUT2D eigenvalue weighted by molar-refractivity contribution is 9.10. The van der Waals surface area contributed by atoms with Gasteiger partial charge in [0.05, 0.1) is 13.2 Å². The van der Waals surface area contributed by atoms with Crippen molar-refractivity contribution in [2.45, 2.75) is 46.6 Å². The van der Waals surface area contributed by atoms with E-state index in [2.05, 4.69) is 39.8 Å². The third kappa shape index (κ3) is 4.08. The standard InChI is InChI=1S/C13H19BrN2O/c1-4-6-8-9-16-13(14)12(11(3)15-16)17-10-7-5-2/h5,7-10H2,1-3H3. The summed E-state index contributed by atoms with van der Waals surface area (Å²) in [4.78, 5) is 0. The Kier molecular flexibility index (Phi) is 6.13. The van der Waals surface area contributed by atoms with Gasteiger partial charge in [-0.3, -0.25) is 4.68 Å². The van der Waals surface area contributed by atoms with Crippen molar-refractivity contribution in [1.29, 1.82) is 0 Å².